The summed E-state index contributed by atoms with van der Waals surface area (Å²) < 4.78 is 41.4. The van der Waals surface area contributed by atoms with Crippen molar-refractivity contribution in [2.24, 2.45) is 0 Å². The molecule has 27 heavy (non-hydrogen) atoms. The molecular weight excluding hydrogens is 372 g/mol. The number of carbonyl (C=O) groups excluding carboxylic acids is 1. The summed E-state index contributed by atoms with van der Waals surface area (Å²) in [5.41, 5.74) is 0.443. The van der Waals surface area contributed by atoms with Gasteiger partial charge in [-0.15, -0.1) is 0 Å². The fraction of sp³-hybridized carbons (Fsp3) is 0.611. The number of anilines is 1. The van der Waals surface area contributed by atoms with Gasteiger partial charge in [-0.2, -0.15) is 0 Å². The molecule has 0 spiro atoms. The van der Waals surface area contributed by atoms with Gasteiger partial charge in [-0.25, -0.2) is 8.42 Å². The van der Waals surface area contributed by atoms with E-state index in [4.69, 9.17) is 14.2 Å². The summed E-state index contributed by atoms with van der Waals surface area (Å²) in [6, 6.07) is 2.99. The molecule has 1 rings (SSSR count). The van der Waals surface area contributed by atoms with E-state index in [1.54, 1.807) is 6.92 Å². The second kappa shape index (κ2) is 10.4. The van der Waals surface area contributed by atoms with Gasteiger partial charge >= 0.3 is 0 Å². The van der Waals surface area contributed by atoms with E-state index >= 15 is 0 Å². The summed E-state index contributed by atoms with van der Waals surface area (Å²) in [6.07, 6.45) is 1.87. The van der Waals surface area contributed by atoms with Crippen LogP contribution >= 0.6 is 0 Å². The van der Waals surface area contributed by atoms with E-state index in [0.29, 0.717) is 31.1 Å². The normalized spacial score (nSPS) is 11.4. The highest BCUT2D eigenvalue weighted by molar-refractivity contribution is 7.92. The Labute approximate surface area is 161 Å². The molecule has 8 nitrogen and oxygen atoms in total. The number of sulfonamides is 1. The Bertz CT molecular complexity index is 734. The van der Waals surface area contributed by atoms with Crippen molar-refractivity contribution in [3.63, 3.8) is 0 Å². The first-order valence-electron chi connectivity index (χ1n) is 8.79. The van der Waals surface area contributed by atoms with E-state index in [1.165, 1.54) is 26.4 Å². The van der Waals surface area contributed by atoms with Crippen molar-refractivity contribution in [1.29, 1.82) is 0 Å². The number of rotatable bonds is 11. The van der Waals surface area contributed by atoms with Crippen molar-refractivity contribution in [2.45, 2.75) is 33.3 Å². The maximum atomic E-state index is 12.7. The van der Waals surface area contributed by atoms with E-state index < -0.39 is 15.9 Å². The highest BCUT2D eigenvalue weighted by Crippen LogP contribution is 2.36. The molecule has 9 heteroatoms. The second-order valence-corrected chi connectivity index (χ2v) is 8.09. The van der Waals surface area contributed by atoms with E-state index in [1.807, 2.05) is 13.8 Å². The van der Waals surface area contributed by atoms with E-state index in [-0.39, 0.29) is 23.9 Å². The van der Waals surface area contributed by atoms with Gasteiger partial charge in [-0.3, -0.25) is 9.10 Å². The molecule has 0 aliphatic heterocycles. The fourth-order valence-electron chi connectivity index (χ4n) is 2.53. The minimum Gasteiger partial charge on any atom is -0.493 e. The van der Waals surface area contributed by atoms with Gasteiger partial charge in [-0.1, -0.05) is 0 Å². The van der Waals surface area contributed by atoms with Crippen LogP contribution in [0.2, 0.25) is 0 Å². The van der Waals surface area contributed by atoms with E-state index in [2.05, 4.69) is 5.32 Å². The van der Waals surface area contributed by atoms with Crippen LogP contribution in [0.25, 0.3) is 0 Å². The molecule has 0 bridgehead atoms. The number of methoxy groups -OCH3 is 2. The summed E-state index contributed by atoms with van der Waals surface area (Å²) in [7, 11) is -0.664. The lowest BCUT2D eigenvalue weighted by Crippen LogP contribution is -2.33. The quantitative estimate of drug-likeness (QED) is 0.569. The average Bonchev–Trinajstić information content (AvgIpc) is 2.59. The van der Waals surface area contributed by atoms with Gasteiger partial charge in [0.1, 0.15) is 0 Å². The fourth-order valence-corrected chi connectivity index (χ4v) is 3.51. The third-order valence-corrected chi connectivity index (χ3v) is 5.02. The minimum absolute atomic E-state index is 0.131. The first-order valence-corrected chi connectivity index (χ1v) is 10.6. The van der Waals surface area contributed by atoms with Crippen molar-refractivity contribution < 1.29 is 27.4 Å². The molecular formula is C18H30N2O6S. The zero-order chi connectivity index (χ0) is 20.6. The van der Waals surface area contributed by atoms with Crippen LogP contribution < -0.4 is 19.1 Å². The molecule has 0 heterocycles. The van der Waals surface area contributed by atoms with Crippen molar-refractivity contribution in [3.8, 4) is 11.5 Å². The van der Waals surface area contributed by atoms with Crippen LogP contribution in [0.5, 0.6) is 11.5 Å². The SMILES string of the molecule is CCN(c1cc(OC)c(OC)cc1C(=O)NCCCOC(C)C)S(C)(=O)=O. The highest BCUT2D eigenvalue weighted by atomic mass is 32.2. The third kappa shape index (κ3) is 6.59. The number of hydrogen-bond donors (Lipinski definition) is 1. The Balaban J connectivity index is 3.16. The average molecular weight is 403 g/mol. The smallest absolute Gasteiger partial charge is 0.253 e. The topological polar surface area (TPSA) is 94.2 Å². The number of nitrogens with one attached hydrogen (secondary N) is 1. The van der Waals surface area contributed by atoms with Gasteiger partial charge in [-0.05, 0) is 33.3 Å². The molecule has 0 radical (unpaired) electrons. The van der Waals surface area contributed by atoms with E-state index in [0.717, 1.165) is 10.6 Å². The summed E-state index contributed by atoms with van der Waals surface area (Å²) in [5, 5.41) is 2.80. The molecule has 1 aromatic rings. The van der Waals surface area contributed by atoms with Crippen LogP contribution in [-0.4, -0.2) is 60.6 Å². The minimum atomic E-state index is -3.57. The van der Waals surface area contributed by atoms with Crippen molar-refractivity contribution in [2.75, 3.05) is 44.5 Å². The lowest BCUT2D eigenvalue weighted by molar-refractivity contribution is 0.0757. The molecule has 1 amide bonds. The molecule has 0 atom stereocenters. The van der Waals surface area contributed by atoms with Gasteiger partial charge in [0.05, 0.1) is 37.8 Å². The molecule has 0 aliphatic rings. The first-order chi connectivity index (χ1) is 12.6. The van der Waals surface area contributed by atoms with Gasteiger partial charge < -0.3 is 19.5 Å². The van der Waals surface area contributed by atoms with Crippen molar-refractivity contribution >= 4 is 21.6 Å². The van der Waals surface area contributed by atoms with Gasteiger partial charge in [0.25, 0.3) is 5.91 Å². The molecule has 0 saturated heterocycles. The number of ether oxygens (including phenoxy) is 3. The number of amides is 1. The maximum absolute atomic E-state index is 12.7. The number of nitrogens with zero attached hydrogens (tertiary/aromatic N) is 1. The zero-order valence-corrected chi connectivity index (χ0v) is 17.7. The largest absolute Gasteiger partial charge is 0.493 e. The van der Waals surface area contributed by atoms with Crippen molar-refractivity contribution in [3.05, 3.63) is 17.7 Å². The van der Waals surface area contributed by atoms with Gasteiger partial charge in [0, 0.05) is 25.8 Å². The van der Waals surface area contributed by atoms with Crippen LogP contribution in [0, 0.1) is 0 Å². The predicted molar refractivity (Wildman–Crippen MR) is 105 cm³/mol. The Hall–Kier alpha value is -2.00. The Kier molecular flexibility index (Phi) is 8.84. The van der Waals surface area contributed by atoms with Gasteiger partial charge in [0.15, 0.2) is 11.5 Å². The molecule has 154 valence electrons. The lowest BCUT2D eigenvalue weighted by Gasteiger charge is -2.24. The summed E-state index contributed by atoms with van der Waals surface area (Å²) in [4.78, 5) is 12.7. The first kappa shape index (κ1) is 23.0. The molecule has 1 aromatic carbocycles. The number of benzene rings is 1. The van der Waals surface area contributed by atoms with E-state index in [9.17, 15) is 13.2 Å². The number of carbonyl (C=O) groups is 1. The molecule has 0 fully saturated rings. The number of hydrogen-bond acceptors (Lipinski definition) is 6. The van der Waals surface area contributed by atoms with Crippen LogP contribution in [0.1, 0.15) is 37.6 Å². The summed E-state index contributed by atoms with van der Waals surface area (Å²) >= 11 is 0. The Morgan fingerprint density at radius 1 is 1.19 bits per heavy atom. The monoisotopic (exact) mass is 402 g/mol. The van der Waals surface area contributed by atoms with Crippen LogP contribution in [0.3, 0.4) is 0 Å². The Morgan fingerprint density at radius 2 is 1.78 bits per heavy atom. The molecule has 1 N–H and O–H groups in total. The summed E-state index contributed by atoms with van der Waals surface area (Å²) in [5.74, 6) is 0.299. The predicted octanol–water partition coefficient (Wildman–Crippen LogP) is 2.03. The molecule has 0 unspecified atom stereocenters. The molecule has 0 saturated carbocycles. The van der Waals surface area contributed by atoms with Crippen LogP contribution in [0.4, 0.5) is 5.69 Å². The standard InChI is InChI=1S/C18H30N2O6S/c1-7-20(27(6,22)23)15-12-17(25-5)16(24-4)11-14(15)18(21)19-9-8-10-26-13(2)3/h11-13H,7-10H2,1-6H3,(H,19,21). The van der Waals surface area contributed by atoms with Crippen LogP contribution in [-0.2, 0) is 14.8 Å². The zero-order valence-electron chi connectivity index (χ0n) is 16.9. The molecule has 0 aromatic heterocycles. The van der Waals surface area contributed by atoms with Gasteiger partial charge in [0.2, 0.25) is 10.0 Å². The highest BCUT2D eigenvalue weighted by Gasteiger charge is 2.25. The lowest BCUT2D eigenvalue weighted by atomic mass is 10.1. The van der Waals surface area contributed by atoms with Crippen molar-refractivity contribution in [1.82, 2.24) is 5.32 Å². The molecule has 0 aliphatic carbocycles. The van der Waals surface area contributed by atoms with Crippen LogP contribution in [0.15, 0.2) is 12.1 Å². The second-order valence-electron chi connectivity index (χ2n) is 6.18. The Morgan fingerprint density at radius 3 is 2.26 bits per heavy atom. The summed E-state index contributed by atoms with van der Waals surface area (Å²) in [6.45, 7) is 6.70. The maximum Gasteiger partial charge on any atom is 0.253 e. The third-order valence-electron chi connectivity index (χ3n) is 3.76.